The van der Waals surface area contributed by atoms with Gasteiger partial charge in [0.05, 0.1) is 0 Å². The van der Waals surface area contributed by atoms with E-state index in [2.05, 4.69) is 28.8 Å². The largest absolute Gasteiger partial charge is 0.370 e. The standard InChI is InChI=1S/C14H23N3OS/c1-4-6-15-13-10-12(9-11(2)17-13)14(18)16-7-5-8-19-3/h9-10H,4-8H2,1-3H3,(H,15,17)(H,16,18). The number of hydrogen-bond donors (Lipinski definition) is 2. The number of nitrogens with one attached hydrogen (secondary N) is 2. The maximum Gasteiger partial charge on any atom is 0.251 e. The van der Waals surface area contributed by atoms with Gasteiger partial charge in [-0.3, -0.25) is 4.79 Å². The lowest BCUT2D eigenvalue weighted by atomic mass is 10.2. The molecule has 0 spiro atoms. The average Bonchev–Trinajstić information content (AvgIpc) is 2.40. The Morgan fingerprint density at radius 3 is 2.84 bits per heavy atom. The van der Waals surface area contributed by atoms with Gasteiger partial charge in [-0.15, -0.1) is 0 Å². The van der Waals surface area contributed by atoms with Crippen LogP contribution in [0.4, 0.5) is 5.82 Å². The molecule has 1 heterocycles. The van der Waals surface area contributed by atoms with E-state index < -0.39 is 0 Å². The molecule has 0 saturated heterocycles. The zero-order valence-electron chi connectivity index (χ0n) is 12.0. The minimum Gasteiger partial charge on any atom is -0.370 e. The quantitative estimate of drug-likeness (QED) is 0.719. The molecule has 0 fully saturated rings. The lowest BCUT2D eigenvalue weighted by Crippen LogP contribution is -2.25. The average molecular weight is 281 g/mol. The Hall–Kier alpha value is -1.23. The van der Waals surface area contributed by atoms with Crippen LogP contribution in [0.3, 0.4) is 0 Å². The van der Waals surface area contributed by atoms with E-state index in [0.717, 1.165) is 43.2 Å². The number of amides is 1. The van der Waals surface area contributed by atoms with Crippen LogP contribution in [0.5, 0.6) is 0 Å². The molecule has 0 bridgehead atoms. The molecule has 1 amide bonds. The maximum atomic E-state index is 12.0. The lowest BCUT2D eigenvalue weighted by Gasteiger charge is -2.09. The summed E-state index contributed by atoms with van der Waals surface area (Å²) in [6.45, 7) is 5.59. The van der Waals surface area contributed by atoms with Gasteiger partial charge in [-0.1, -0.05) is 6.92 Å². The third-order valence-electron chi connectivity index (χ3n) is 2.58. The first-order chi connectivity index (χ1) is 9.17. The molecular weight excluding hydrogens is 258 g/mol. The fraction of sp³-hybridized carbons (Fsp3) is 0.571. The smallest absolute Gasteiger partial charge is 0.251 e. The van der Waals surface area contributed by atoms with Gasteiger partial charge in [0.1, 0.15) is 5.82 Å². The molecule has 1 aromatic heterocycles. The van der Waals surface area contributed by atoms with Crippen molar-refractivity contribution in [3.05, 3.63) is 23.4 Å². The number of nitrogens with zero attached hydrogens (tertiary/aromatic N) is 1. The molecule has 1 rings (SSSR count). The van der Waals surface area contributed by atoms with E-state index in [4.69, 9.17) is 0 Å². The molecule has 0 radical (unpaired) electrons. The van der Waals surface area contributed by atoms with Crippen molar-refractivity contribution in [2.75, 3.05) is 30.4 Å². The summed E-state index contributed by atoms with van der Waals surface area (Å²) in [6, 6.07) is 3.63. The molecule has 2 N–H and O–H groups in total. The van der Waals surface area contributed by atoms with E-state index in [0.29, 0.717) is 5.56 Å². The molecule has 1 aromatic rings. The highest BCUT2D eigenvalue weighted by Gasteiger charge is 2.07. The van der Waals surface area contributed by atoms with Crippen LogP contribution in [0.1, 0.15) is 35.8 Å². The first-order valence-corrected chi connectivity index (χ1v) is 8.06. The highest BCUT2D eigenvalue weighted by molar-refractivity contribution is 7.98. The first-order valence-electron chi connectivity index (χ1n) is 6.67. The second-order valence-corrected chi connectivity index (χ2v) is 5.40. The minimum absolute atomic E-state index is 0.0221. The van der Waals surface area contributed by atoms with E-state index >= 15 is 0 Å². The number of pyridine rings is 1. The molecule has 4 nitrogen and oxygen atoms in total. The predicted octanol–water partition coefficient (Wildman–Crippen LogP) is 2.69. The number of aryl methyl sites for hydroxylation is 1. The molecule has 0 aromatic carbocycles. The van der Waals surface area contributed by atoms with Gasteiger partial charge in [0.25, 0.3) is 5.91 Å². The Morgan fingerprint density at radius 2 is 2.16 bits per heavy atom. The molecule has 0 aliphatic heterocycles. The van der Waals surface area contributed by atoms with Crippen LogP contribution in [0.25, 0.3) is 0 Å². The molecule has 0 atom stereocenters. The van der Waals surface area contributed by atoms with Crippen molar-refractivity contribution in [2.24, 2.45) is 0 Å². The molecule has 0 saturated carbocycles. The second kappa shape index (κ2) is 8.80. The Bertz CT molecular complexity index is 410. The van der Waals surface area contributed by atoms with Crippen molar-refractivity contribution in [1.29, 1.82) is 0 Å². The Labute approximate surface area is 119 Å². The van der Waals surface area contributed by atoms with Crippen molar-refractivity contribution < 1.29 is 4.79 Å². The first kappa shape index (κ1) is 15.8. The summed E-state index contributed by atoms with van der Waals surface area (Å²) in [4.78, 5) is 16.4. The molecule has 0 aliphatic rings. The third kappa shape index (κ3) is 5.96. The summed E-state index contributed by atoms with van der Waals surface area (Å²) < 4.78 is 0. The van der Waals surface area contributed by atoms with Crippen molar-refractivity contribution in [1.82, 2.24) is 10.3 Å². The molecule has 5 heteroatoms. The second-order valence-electron chi connectivity index (χ2n) is 4.41. The van der Waals surface area contributed by atoms with Crippen molar-refractivity contribution >= 4 is 23.5 Å². The number of hydrogen-bond acceptors (Lipinski definition) is 4. The molecule has 106 valence electrons. The van der Waals surface area contributed by atoms with Gasteiger partial charge in [-0.2, -0.15) is 11.8 Å². The molecule has 0 unspecified atom stereocenters. The molecule has 0 aliphatic carbocycles. The van der Waals surface area contributed by atoms with E-state index in [1.54, 1.807) is 11.8 Å². The number of thioether (sulfide) groups is 1. The SMILES string of the molecule is CCCNc1cc(C(=O)NCCCSC)cc(C)n1. The van der Waals surface area contributed by atoms with Gasteiger partial charge in [0.2, 0.25) is 0 Å². The molecule has 19 heavy (non-hydrogen) atoms. The van der Waals surface area contributed by atoms with Crippen LogP contribution in [-0.4, -0.2) is 36.0 Å². The van der Waals surface area contributed by atoms with Gasteiger partial charge >= 0.3 is 0 Å². The van der Waals surface area contributed by atoms with Gasteiger partial charge in [-0.25, -0.2) is 4.98 Å². The maximum absolute atomic E-state index is 12.0. The lowest BCUT2D eigenvalue weighted by molar-refractivity contribution is 0.0953. The van der Waals surface area contributed by atoms with E-state index in [1.807, 2.05) is 19.1 Å². The van der Waals surface area contributed by atoms with Crippen molar-refractivity contribution in [3.8, 4) is 0 Å². The Kier molecular flexibility index (Phi) is 7.33. The van der Waals surface area contributed by atoms with Gasteiger partial charge in [0.15, 0.2) is 0 Å². The summed E-state index contributed by atoms with van der Waals surface area (Å²) in [7, 11) is 0. The number of aromatic nitrogens is 1. The summed E-state index contributed by atoms with van der Waals surface area (Å²) in [5.41, 5.74) is 1.53. The van der Waals surface area contributed by atoms with E-state index in [1.165, 1.54) is 0 Å². The van der Waals surface area contributed by atoms with E-state index in [9.17, 15) is 4.79 Å². The minimum atomic E-state index is -0.0221. The highest BCUT2D eigenvalue weighted by Crippen LogP contribution is 2.10. The van der Waals surface area contributed by atoms with Crippen molar-refractivity contribution in [2.45, 2.75) is 26.7 Å². The number of rotatable bonds is 8. The van der Waals surface area contributed by atoms with Gasteiger partial charge < -0.3 is 10.6 Å². The third-order valence-corrected chi connectivity index (χ3v) is 3.28. The topological polar surface area (TPSA) is 54.0 Å². The summed E-state index contributed by atoms with van der Waals surface area (Å²) in [6.07, 6.45) is 4.10. The van der Waals surface area contributed by atoms with Gasteiger partial charge in [-0.05, 0) is 43.9 Å². The summed E-state index contributed by atoms with van der Waals surface area (Å²) in [5.74, 6) is 1.82. The number of anilines is 1. The van der Waals surface area contributed by atoms with Crippen LogP contribution < -0.4 is 10.6 Å². The van der Waals surface area contributed by atoms with Crippen LogP contribution in [0.2, 0.25) is 0 Å². The summed E-state index contributed by atoms with van der Waals surface area (Å²) >= 11 is 1.79. The Morgan fingerprint density at radius 1 is 1.37 bits per heavy atom. The van der Waals surface area contributed by atoms with Crippen LogP contribution >= 0.6 is 11.8 Å². The number of carbonyl (C=O) groups excluding carboxylic acids is 1. The van der Waals surface area contributed by atoms with Gasteiger partial charge in [0, 0.05) is 24.3 Å². The zero-order chi connectivity index (χ0) is 14.1. The normalized spacial score (nSPS) is 10.3. The van der Waals surface area contributed by atoms with Crippen LogP contribution in [-0.2, 0) is 0 Å². The zero-order valence-corrected chi connectivity index (χ0v) is 12.8. The predicted molar refractivity (Wildman–Crippen MR) is 83.1 cm³/mol. The van der Waals surface area contributed by atoms with Crippen LogP contribution in [0.15, 0.2) is 12.1 Å². The van der Waals surface area contributed by atoms with Crippen molar-refractivity contribution in [3.63, 3.8) is 0 Å². The van der Waals surface area contributed by atoms with Crippen LogP contribution in [0, 0.1) is 6.92 Å². The fourth-order valence-corrected chi connectivity index (χ4v) is 2.10. The van der Waals surface area contributed by atoms with E-state index in [-0.39, 0.29) is 5.91 Å². The molecular formula is C14H23N3OS. The Balaban J connectivity index is 2.60. The number of carbonyl (C=O) groups is 1. The fourth-order valence-electron chi connectivity index (χ4n) is 1.66. The highest BCUT2D eigenvalue weighted by atomic mass is 32.2. The monoisotopic (exact) mass is 281 g/mol. The summed E-state index contributed by atoms with van der Waals surface area (Å²) in [5, 5.41) is 6.15.